The fourth-order valence-electron chi connectivity index (χ4n) is 1.09. The molecular weight excluding hydrogens is 132 g/mol. The Balaban J connectivity index is 2.01. The van der Waals surface area contributed by atoms with Crippen molar-refractivity contribution < 1.29 is 4.74 Å². The summed E-state index contributed by atoms with van der Waals surface area (Å²) in [4.78, 5) is 0. The van der Waals surface area contributed by atoms with Gasteiger partial charge in [-0.2, -0.15) is 0 Å². The van der Waals surface area contributed by atoms with Crippen molar-refractivity contribution in [3.63, 3.8) is 0 Å². The van der Waals surface area contributed by atoms with E-state index in [4.69, 9.17) is 4.74 Å². The van der Waals surface area contributed by atoms with Crippen LogP contribution in [-0.4, -0.2) is 31.3 Å². The second-order valence-electron chi connectivity index (χ2n) is 3.03. The SMILES string of the molecule is C[SiH]([SiH3])CC1COC1. The Morgan fingerprint density at radius 3 is 2.50 bits per heavy atom. The highest BCUT2D eigenvalue weighted by atomic mass is 29.1. The molecule has 0 aromatic rings. The average molecular weight is 146 g/mol. The lowest BCUT2D eigenvalue weighted by atomic mass is 10.1. The smallest absolute Gasteiger partial charge is 0.0513 e. The van der Waals surface area contributed by atoms with Gasteiger partial charge in [-0.3, -0.25) is 0 Å². The van der Waals surface area contributed by atoms with Crippen molar-refractivity contribution in [2.24, 2.45) is 5.92 Å². The Morgan fingerprint density at radius 2 is 2.38 bits per heavy atom. The first-order valence-corrected chi connectivity index (χ1v) is 9.96. The molecule has 0 amide bonds. The molecule has 1 fully saturated rings. The van der Waals surface area contributed by atoms with Crippen molar-refractivity contribution in [1.82, 2.24) is 0 Å². The average Bonchev–Trinajstić information content (AvgIpc) is 1.55. The van der Waals surface area contributed by atoms with E-state index in [2.05, 4.69) is 6.55 Å². The molecular formula is C5H14OSi2. The van der Waals surface area contributed by atoms with E-state index >= 15 is 0 Å². The first kappa shape index (κ1) is 6.51. The Morgan fingerprint density at radius 1 is 1.75 bits per heavy atom. The van der Waals surface area contributed by atoms with Crippen LogP contribution in [0.4, 0.5) is 0 Å². The molecule has 0 radical (unpaired) electrons. The Labute approximate surface area is 55.2 Å². The van der Waals surface area contributed by atoms with Crippen molar-refractivity contribution in [2.75, 3.05) is 13.2 Å². The fourth-order valence-corrected chi connectivity index (χ4v) is 4.69. The molecule has 0 aromatic carbocycles. The van der Waals surface area contributed by atoms with Crippen LogP contribution >= 0.6 is 0 Å². The summed E-state index contributed by atoms with van der Waals surface area (Å²) in [5.74, 6) is 0.981. The topological polar surface area (TPSA) is 9.23 Å². The Hall–Kier alpha value is 0.394. The van der Waals surface area contributed by atoms with Crippen LogP contribution < -0.4 is 0 Å². The number of ether oxygens (including phenoxy) is 1. The standard InChI is InChI=1S/C5H14OSi2/c1-8(7)4-5-2-6-3-5/h5,8H,2-4H2,1,7H3. The van der Waals surface area contributed by atoms with E-state index in [1.165, 1.54) is 9.76 Å². The largest absolute Gasteiger partial charge is 0.381 e. The van der Waals surface area contributed by atoms with Gasteiger partial charge in [-0.05, 0) is 9.76 Å². The fraction of sp³-hybridized carbons (Fsp3) is 1.00. The van der Waals surface area contributed by atoms with Gasteiger partial charge in [-0.1, -0.05) is 12.6 Å². The highest BCUT2D eigenvalue weighted by Gasteiger charge is 2.18. The van der Waals surface area contributed by atoms with Crippen molar-refractivity contribution in [2.45, 2.75) is 12.6 Å². The molecule has 1 saturated heterocycles. The molecule has 1 rings (SSSR count). The van der Waals surface area contributed by atoms with Crippen molar-refractivity contribution in [3.8, 4) is 0 Å². The van der Waals surface area contributed by atoms with E-state index in [-0.39, 0.29) is 8.31 Å². The normalized spacial score (nSPS) is 25.1. The van der Waals surface area contributed by atoms with Crippen LogP contribution in [0.2, 0.25) is 12.6 Å². The Kier molecular flexibility index (Phi) is 2.28. The minimum Gasteiger partial charge on any atom is -0.381 e. The third kappa shape index (κ3) is 1.72. The first-order chi connectivity index (χ1) is 3.79. The van der Waals surface area contributed by atoms with Gasteiger partial charge in [0.25, 0.3) is 0 Å². The quantitative estimate of drug-likeness (QED) is 0.471. The molecule has 1 aliphatic heterocycles. The molecule has 0 aliphatic carbocycles. The maximum absolute atomic E-state index is 5.07. The molecule has 1 heterocycles. The number of hydrogen-bond donors (Lipinski definition) is 0. The zero-order valence-electron chi connectivity index (χ0n) is 5.68. The van der Waals surface area contributed by atoms with E-state index in [9.17, 15) is 0 Å². The molecule has 0 saturated carbocycles. The lowest BCUT2D eigenvalue weighted by Gasteiger charge is -2.26. The minimum absolute atomic E-state index is 0.136. The van der Waals surface area contributed by atoms with Gasteiger partial charge < -0.3 is 4.74 Å². The molecule has 1 unspecified atom stereocenters. The maximum Gasteiger partial charge on any atom is 0.0513 e. The Bertz CT molecular complexity index is 70.8. The highest BCUT2D eigenvalue weighted by Crippen LogP contribution is 2.15. The monoisotopic (exact) mass is 146 g/mol. The maximum atomic E-state index is 5.07. The lowest BCUT2D eigenvalue weighted by molar-refractivity contribution is -0.0221. The zero-order valence-corrected chi connectivity index (χ0v) is 8.84. The second-order valence-corrected chi connectivity index (χ2v) is 12.2. The summed E-state index contributed by atoms with van der Waals surface area (Å²) in [6, 6.07) is 1.55. The summed E-state index contributed by atoms with van der Waals surface area (Å²) >= 11 is 0. The highest BCUT2D eigenvalue weighted by molar-refractivity contribution is 7.02. The van der Waals surface area contributed by atoms with Crippen LogP contribution in [0.25, 0.3) is 0 Å². The van der Waals surface area contributed by atoms with Crippen molar-refractivity contribution >= 4 is 18.1 Å². The summed E-state index contributed by atoms with van der Waals surface area (Å²) in [5, 5.41) is 0. The summed E-state index contributed by atoms with van der Waals surface area (Å²) in [6.07, 6.45) is 0. The van der Waals surface area contributed by atoms with Gasteiger partial charge in [0.2, 0.25) is 0 Å². The van der Waals surface area contributed by atoms with Crippen LogP contribution in [0.1, 0.15) is 0 Å². The molecule has 0 aromatic heterocycles. The van der Waals surface area contributed by atoms with Crippen molar-refractivity contribution in [3.05, 3.63) is 0 Å². The summed E-state index contributed by atoms with van der Waals surface area (Å²) in [6.45, 7) is 4.60. The second kappa shape index (κ2) is 2.80. The van der Waals surface area contributed by atoms with Crippen LogP contribution in [0.3, 0.4) is 0 Å². The third-order valence-corrected chi connectivity index (χ3v) is 4.54. The van der Waals surface area contributed by atoms with Gasteiger partial charge in [-0.15, -0.1) is 0 Å². The van der Waals surface area contributed by atoms with Gasteiger partial charge in [-0.25, -0.2) is 0 Å². The molecule has 1 nitrogen and oxygen atoms in total. The molecule has 1 atom stereocenters. The van der Waals surface area contributed by atoms with Crippen LogP contribution in [-0.2, 0) is 4.74 Å². The molecule has 3 heteroatoms. The zero-order chi connectivity index (χ0) is 5.98. The summed E-state index contributed by atoms with van der Waals surface area (Å²) in [7, 11) is 1.35. The molecule has 0 spiro atoms. The van der Waals surface area contributed by atoms with Gasteiger partial charge in [0.05, 0.1) is 13.2 Å². The molecule has 48 valence electrons. The van der Waals surface area contributed by atoms with E-state index in [1.54, 1.807) is 6.04 Å². The predicted molar refractivity (Wildman–Crippen MR) is 42.1 cm³/mol. The summed E-state index contributed by atoms with van der Waals surface area (Å²) in [5.41, 5.74) is 0. The van der Waals surface area contributed by atoms with Crippen LogP contribution in [0.15, 0.2) is 0 Å². The number of rotatable bonds is 2. The lowest BCUT2D eigenvalue weighted by Crippen LogP contribution is -2.31. The molecule has 1 aliphatic rings. The van der Waals surface area contributed by atoms with Crippen molar-refractivity contribution in [1.29, 1.82) is 0 Å². The van der Waals surface area contributed by atoms with Crippen LogP contribution in [0.5, 0.6) is 0 Å². The van der Waals surface area contributed by atoms with E-state index < -0.39 is 0 Å². The molecule has 0 N–H and O–H groups in total. The van der Waals surface area contributed by atoms with Crippen LogP contribution in [0, 0.1) is 5.92 Å². The minimum atomic E-state index is -0.136. The van der Waals surface area contributed by atoms with Gasteiger partial charge in [0.15, 0.2) is 0 Å². The number of hydrogen-bond acceptors (Lipinski definition) is 1. The summed E-state index contributed by atoms with van der Waals surface area (Å²) < 4.78 is 5.07. The van der Waals surface area contributed by atoms with Gasteiger partial charge in [0, 0.05) is 14.2 Å². The predicted octanol–water partition coefficient (Wildman–Crippen LogP) is -0.648. The first-order valence-electron chi connectivity index (χ1n) is 3.37. The van der Waals surface area contributed by atoms with E-state index in [1.807, 2.05) is 0 Å². The van der Waals surface area contributed by atoms with E-state index in [0.29, 0.717) is 0 Å². The third-order valence-electron chi connectivity index (χ3n) is 1.51. The van der Waals surface area contributed by atoms with Gasteiger partial charge >= 0.3 is 0 Å². The van der Waals surface area contributed by atoms with E-state index in [0.717, 1.165) is 19.1 Å². The molecule has 0 bridgehead atoms. The molecule has 8 heavy (non-hydrogen) atoms. The van der Waals surface area contributed by atoms with Gasteiger partial charge in [0.1, 0.15) is 0 Å².